The van der Waals surface area contributed by atoms with E-state index in [0.717, 1.165) is 37.7 Å². The third kappa shape index (κ3) is 4.77. The van der Waals surface area contributed by atoms with Crippen LogP contribution in [-0.2, 0) is 4.79 Å². The standard InChI is InChI=1S/C22H27N3OS/c1-16-8-10-18(11-9-16)20(19-7-6-14-27-19)24-17(2)21(26)25-22(15-23)12-4-3-5-13-22/h6-11,14,17,20,24H,3-5,12-13H2,1-2H3,(H,25,26)/t17-,20+/m1/s1. The Morgan fingerprint density at radius 1 is 1.19 bits per heavy atom. The number of amides is 1. The highest BCUT2D eigenvalue weighted by Crippen LogP contribution is 2.29. The minimum Gasteiger partial charge on any atom is -0.336 e. The molecule has 0 saturated heterocycles. The molecule has 0 radical (unpaired) electrons. The second-order valence-electron chi connectivity index (χ2n) is 7.49. The molecule has 1 aliphatic rings. The molecule has 2 aromatic rings. The van der Waals surface area contributed by atoms with E-state index in [2.05, 4.69) is 59.3 Å². The summed E-state index contributed by atoms with van der Waals surface area (Å²) in [5.74, 6) is -0.105. The van der Waals surface area contributed by atoms with Crippen molar-refractivity contribution in [3.63, 3.8) is 0 Å². The summed E-state index contributed by atoms with van der Waals surface area (Å²) in [4.78, 5) is 14.0. The summed E-state index contributed by atoms with van der Waals surface area (Å²) in [7, 11) is 0. The van der Waals surface area contributed by atoms with Gasteiger partial charge in [0.15, 0.2) is 0 Å². The number of rotatable bonds is 6. The monoisotopic (exact) mass is 381 g/mol. The molecule has 1 fully saturated rings. The predicted octanol–water partition coefficient (Wildman–Crippen LogP) is 4.47. The molecule has 0 spiro atoms. The van der Waals surface area contributed by atoms with Crippen LogP contribution in [0.2, 0.25) is 0 Å². The number of benzene rings is 1. The van der Waals surface area contributed by atoms with Crippen LogP contribution in [0.25, 0.3) is 0 Å². The van der Waals surface area contributed by atoms with Crippen LogP contribution in [0.15, 0.2) is 41.8 Å². The Morgan fingerprint density at radius 2 is 1.89 bits per heavy atom. The van der Waals surface area contributed by atoms with Gasteiger partial charge in [-0.2, -0.15) is 5.26 Å². The van der Waals surface area contributed by atoms with Gasteiger partial charge in [-0.1, -0.05) is 55.2 Å². The fraction of sp³-hybridized carbons (Fsp3) is 0.455. The average Bonchev–Trinajstić information content (AvgIpc) is 3.22. The Morgan fingerprint density at radius 3 is 2.48 bits per heavy atom. The summed E-state index contributed by atoms with van der Waals surface area (Å²) < 4.78 is 0. The van der Waals surface area contributed by atoms with Crippen molar-refractivity contribution in [3.8, 4) is 6.07 Å². The Kier molecular flexibility index (Phi) is 6.30. The third-order valence-electron chi connectivity index (χ3n) is 5.33. The number of carbonyl (C=O) groups is 1. The van der Waals surface area contributed by atoms with Crippen molar-refractivity contribution < 1.29 is 4.79 Å². The number of hydrogen-bond donors (Lipinski definition) is 2. The van der Waals surface area contributed by atoms with E-state index in [9.17, 15) is 10.1 Å². The van der Waals surface area contributed by atoms with Crippen molar-refractivity contribution in [1.82, 2.24) is 10.6 Å². The van der Waals surface area contributed by atoms with Gasteiger partial charge in [0.05, 0.1) is 18.2 Å². The van der Waals surface area contributed by atoms with Crippen molar-refractivity contribution in [3.05, 3.63) is 57.8 Å². The molecule has 1 saturated carbocycles. The van der Waals surface area contributed by atoms with Crippen molar-refractivity contribution in [1.29, 1.82) is 5.26 Å². The summed E-state index contributed by atoms with van der Waals surface area (Å²) in [6.07, 6.45) is 4.62. The second-order valence-corrected chi connectivity index (χ2v) is 8.47. The predicted molar refractivity (Wildman–Crippen MR) is 110 cm³/mol. The molecule has 27 heavy (non-hydrogen) atoms. The fourth-order valence-corrected chi connectivity index (χ4v) is 4.46. The largest absolute Gasteiger partial charge is 0.336 e. The van der Waals surface area contributed by atoms with E-state index >= 15 is 0 Å². The molecule has 0 bridgehead atoms. The lowest BCUT2D eigenvalue weighted by atomic mass is 9.82. The first kappa shape index (κ1) is 19.6. The average molecular weight is 382 g/mol. The van der Waals surface area contributed by atoms with Gasteiger partial charge in [-0.05, 0) is 43.7 Å². The van der Waals surface area contributed by atoms with E-state index in [0.29, 0.717) is 0 Å². The van der Waals surface area contributed by atoms with Crippen LogP contribution >= 0.6 is 11.3 Å². The molecule has 1 amide bonds. The van der Waals surface area contributed by atoms with Crippen molar-refractivity contribution in [2.75, 3.05) is 0 Å². The Hall–Kier alpha value is -2.16. The van der Waals surface area contributed by atoms with E-state index in [-0.39, 0.29) is 11.9 Å². The zero-order valence-corrected chi connectivity index (χ0v) is 16.8. The molecule has 142 valence electrons. The topological polar surface area (TPSA) is 64.9 Å². The first-order chi connectivity index (χ1) is 13.0. The van der Waals surface area contributed by atoms with Gasteiger partial charge in [-0.25, -0.2) is 0 Å². The first-order valence-corrected chi connectivity index (χ1v) is 10.5. The maximum Gasteiger partial charge on any atom is 0.238 e. The lowest BCUT2D eigenvalue weighted by molar-refractivity contribution is -0.124. The molecule has 4 nitrogen and oxygen atoms in total. The maximum atomic E-state index is 12.8. The number of carbonyl (C=O) groups excluding carboxylic acids is 1. The highest BCUT2D eigenvalue weighted by atomic mass is 32.1. The van der Waals surface area contributed by atoms with Gasteiger partial charge in [-0.3, -0.25) is 10.1 Å². The Labute approximate surface area is 165 Å². The Balaban J connectivity index is 1.74. The van der Waals surface area contributed by atoms with E-state index in [1.54, 1.807) is 11.3 Å². The van der Waals surface area contributed by atoms with Crippen LogP contribution in [0, 0.1) is 18.3 Å². The maximum absolute atomic E-state index is 12.8. The number of nitrogens with zero attached hydrogens (tertiary/aromatic N) is 1. The molecular weight excluding hydrogens is 354 g/mol. The second kappa shape index (κ2) is 8.69. The van der Waals surface area contributed by atoms with Gasteiger partial charge >= 0.3 is 0 Å². The molecule has 1 aliphatic carbocycles. The quantitative estimate of drug-likeness (QED) is 0.776. The summed E-state index contributed by atoms with van der Waals surface area (Å²) in [5, 5.41) is 18.2. The molecule has 0 unspecified atom stereocenters. The van der Waals surface area contributed by atoms with Crippen LogP contribution in [0.5, 0.6) is 0 Å². The number of hydrogen-bond acceptors (Lipinski definition) is 4. The zero-order valence-electron chi connectivity index (χ0n) is 16.0. The van der Waals surface area contributed by atoms with Gasteiger partial charge in [0.2, 0.25) is 5.91 Å². The van der Waals surface area contributed by atoms with E-state index < -0.39 is 11.6 Å². The van der Waals surface area contributed by atoms with Crippen LogP contribution in [0.3, 0.4) is 0 Å². The fourth-order valence-electron chi connectivity index (χ4n) is 3.65. The molecular formula is C22H27N3OS. The van der Waals surface area contributed by atoms with Crippen LogP contribution in [0.1, 0.15) is 61.1 Å². The van der Waals surface area contributed by atoms with Gasteiger partial charge in [-0.15, -0.1) is 11.3 Å². The highest BCUT2D eigenvalue weighted by molar-refractivity contribution is 7.10. The number of nitriles is 1. The minimum atomic E-state index is -0.701. The van der Waals surface area contributed by atoms with E-state index in [1.165, 1.54) is 10.4 Å². The van der Waals surface area contributed by atoms with E-state index in [1.807, 2.05) is 13.0 Å². The molecule has 2 atom stereocenters. The number of thiophene rings is 1. The molecule has 1 aromatic heterocycles. The SMILES string of the molecule is Cc1ccc([C@H](N[C@H](C)C(=O)NC2(C#N)CCCCC2)c2cccs2)cc1. The number of nitrogens with one attached hydrogen (secondary N) is 2. The van der Waals surface area contributed by atoms with Crippen molar-refractivity contribution in [2.24, 2.45) is 0 Å². The molecule has 1 heterocycles. The molecule has 2 N–H and O–H groups in total. The van der Waals surface area contributed by atoms with Crippen LogP contribution in [0.4, 0.5) is 0 Å². The smallest absolute Gasteiger partial charge is 0.238 e. The lowest BCUT2D eigenvalue weighted by Crippen LogP contribution is -2.54. The summed E-state index contributed by atoms with van der Waals surface area (Å²) in [6, 6.07) is 14.4. The summed E-state index contributed by atoms with van der Waals surface area (Å²) in [5.41, 5.74) is 1.64. The van der Waals surface area contributed by atoms with Gasteiger partial charge in [0.25, 0.3) is 0 Å². The molecule has 5 heteroatoms. The minimum absolute atomic E-state index is 0.0456. The summed E-state index contributed by atoms with van der Waals surface area (Å²) in [6.45, 7) is 3.94. The number of aryl methyl sites for hydroxylation is 1. The van der Waals surface area contributed by atoms with Gasteiger partial charge in [0, 0.05) is 4.88 Å². The molecule has 3 rings (SSSR count). The van der Waals surface area contributed by atoms with Crippen LogP contribution in [-0.4, -0.2) is 17.5 Å². The van der Waals surface area contributed by atoms with Crippen molar-refractivity contribution in [2.45, 2.75) is 63.6 Å². The molecule has 1 aromatic carbocycles. The van der Waals surface area contributed by atoms with Crippen LogP contribution < -0.4 is 10.6 Å². The van der Waals surface area contributed by atoms with Crippen molar-refractivity contribution >= 4 is 17.2 Å². The van der Waals surface area contributed by atoms with Gasteiger partial charge in [0.1, 0.15) is 5.54 Å². The zero-order chi connectivity index (χ0) is 19.3. The normalized spacial score (nSPS) is 18.3. The highest BCUT2D eigenvalue weighted by Gasteiger charge is 2.35. The van der Waals surface area contributed by atoms with E-state index in [4.69, 9.17) is 0 Å². The third-order valence-corrected chi connectivity index (χ3v) is 6.27. The summed E-state index contributed by atoms with van der Waals surface area (Å²) >= 11 is 1.68. The van der Waals surface area contributed by atoms with Gasteiger partial charge < -0.3 is 5.32 Å². The first-order valence-electron chi connectivity index (χ1n) is 9.62. The Bertz CT molecular complexity index is 786. The lowest BCUT2D eigenvalue weighted by Gasteiger charge is -2.33. The molecule has 0 aliphatic heterocycles.